The summed E-state index contributed by atoms with van der Waals surface area (Å²) in [7, 11) is 1.98. The summed E-state index contributed by atoms with van der Waals surface area (Å²) in [5.74, 6) is 0.846. The van der Waals surface area contributed by atoms with E-state index in [-0.39, 0.29) is 30.5 Å². The van der Waals surface area contributed by atoms with E-state index in [9.17, 15) is 14.4 Å². The minimum atomic E-state index is -0.655. The number of aryl methyl sites for hydroxylation is 2. The number of carbonyl (C=O) groups excluding carboxylic acids is 1. The summed E-state index contributed by atoms with van der Waals surface area (Å²) < 4.78 is 2.06. The molecule has 0 saturated carbocycles. The van der Waals surface area contributed by atoms with Gasteiger partial charge in [-0.05, 0) is 31.4 Å². The van der Waals surface area contributed by atoms with Crippen molar-refractivity contribution in [2.75, 3.05) is 6.54 Å². The Balaban J connectivity index is 1.56. The maximum Gasteiger partial charge on any atom is 0.342 e. The standard InChI is InChI=1S/C19H22N6O3/c1-24-14-7-3-2-6-12(14)20-17(24)15-8-4-5-11-25(15)16(26)10-9-13-18(27)21-19(28)23-22-13/h2-3,6-7,15H,4-5,8-11H2,1H3,(H2,21,23,27,28). The second-order valence-electron chi connectivity index (χ2n) is 7.07. The third-order valence-electron chi connectivity index (χ3n) is 5.30. The van der Waals surface area contributed by atoms with Crippen LogP contribution >= 0.6 is 0 Å². The third kappa shape index (κ3) is 3.35. The van der Waals surface area contributed by atoms with E-state index in [1.54, 1.807) is 0 Å². The Morgan fingerprint density at radius 1 is 1.25 bits per heavy atom. The topological polar surface area (TPSA) is 117 Å². The molecule has 1 unspecified atom stereocenters. The first-order chi connectivity index (χ1) is 13.5. The molecule has 9 nitrogen and oxygen atoms in total. The first kappa shape index (κ1) is 18.1. The predicted octanol–water partition coefficient (Wildman–Crippen LogP) is 1.03. The number of hydrogen-bond donors (Lipinski definition) is 2. The van der Waals surface area contributed by atoms with Crippen molar-refractivity contribution in [1.82, 2.24) is 29.6 Å². The highest BCUT2D eigenvalue weighted by atomic mass is 16.2. The molecule has 9 heteroatoms. The van der Waals surface area contributed by atoms with E-state index in [0.29, 0.717) is 6.54 Å². The number of nitrogens with one attached hydrogen (secondary N) is 2. The maximum absolute atomic E-state index is 12.9. The molecular weight excluding hydrogens is 360 g/mol. The molecule has 1 fully saturated rings. The Kier molecular flexibility index (Phi) is 4.81. The van der Waals surface area contributed by atoms with Crippen LogP contribution in [0.2, 0.25) is 0 Å². The molecule has 0 aliphatic carbocycles. The van der Waals surface area contributed by atoms with Gasteiger partial charge < -0.3 is 9.47 Å². The number of fused-ring (bicyclic) bond motifs is 1. The number of benzene rings is 1. The van der Waals surface area contributed by atoms with Crippen LogP contribution in [0.1, 0.15) is 43.2 Å². The van der Waals surface area contributed by atoms with Crippen molar-refractivity contribution < 1.29 is 4.79 Å². The Labute approximate surface area is 160 Å². The number of H-pyrrole nitrogens is 2. The lowest BCUT2D eigenvalue weighted by atomic mass is 10.0. The van der Waals surface area contributed by atoms with Crippen molar-refractivity contribution in [3.05, 3.63) is 56.6 Å². The van der Waals surface area contributed by atoms with Crippen molar-refractivity contribution in [3.63, 3.8) is 0 Å². The molecule has 1 saturated heterocycles. The highest BCUT2D eigenvalue weighted by Gasteiger charge is 2.31. The van der Waals surface area contributed by atoms with Crippen LogP contribution < -0.4 is 11.2 Å². The van der Waals surface area contributed by atoms with Gasteiger partial charge in [0.2, 0.25) is 5.91 Å². The van der Waals surface area contributed by atoms with Gasteiger partial charge in [0.15, 0.2) is 0 Å². The smallest absolute Gasteiger partial charge is 0.332 e. The fourth-order valence-electron chi connectivity index (χ4n) is 3.87. The fourth-order valence-corrected chi connectivity index (χ4v) is 3.87. The van der Waals surface area contributed by atoms with Gasteiger partial charge in [0.05, 0.1) is 17.1 Å². The van der Waals surface area contributed by atoms with E-state index in [1.165, 1.54) is 0 Å². The lowest BCUT2D eigenvalue weighted by Gasteiger charge is -2.35. The Hall–Kier alpha value is -3.23. The zero-order valence-corrected chi connectivity index (χ0v) is 15.6. The molecule has 3 aromatic rings. The molecule has 146 valence electrons. The van der Waals surface area contributed by atoms with E-state index in [0.717, 1.165) is 36.1 Å². The lowest BCUT2D eigenvalue weighted by Crippen LogP contribution is -2.40. The van der Waals surface area contributed by atoms with E-state index >= 15 is 0 Å². The van der Waals surface area contributed by atoms with Gasteiger partial charge in [-0.25, -0.2) is 14.9 Å². The quantitative estimate of drug-likeness (QED) is 0.699. The zero-order valence-electron chi connectivity index (χ0n) is 15.6. The van der Waals surface area contributed by atoms with Gasteiger partial charge in [-0.15, -0.1) is 0 Å². The zero-order chi connectivity index (χ0) is 19.7. The second-order valence-corrected chi connectivity index (χ2v) is 7.07. The number of aromatic nitrogens is 5. The molecular formula is C19H22N6O3. The van der Waals surface area contributed by atoms with Crippen LogP contribution in [0.3, 0.4) is 0 Å². The summed E-state index contributed by atoms with van der Waals surface area (Å²) in [6, 6.07) is 7.85. The molecule has 4 rings (SSSR count). The van der Waals surface area contributed by atoms with Gasteiger partial charge in [0, 0.05) is 26.4 Å². The molecule has 3 heterocycles. The molecule has 1 amide bonds. The van der Waals surface area contributed by atoms with Crippen molar-refractivity contribution in [2.24, 2.45) is 7.05 Å². The molecule has 0 radical (unpaired) electrons. The van der Waals surface area contributed by atoms with Gasteiger partial charge >= 0.3 is 5.69 Å². The summed E-state index contributed by atoms with van der Waals surface area (Å²) in [6.45, 7) is 0.669. The van der Waals surface area contributed by atoms with E-state index in [1.807, 2.05) is 36.2 Å². The van der Waals surface area contributed by atoms with Crippen LogP contribution in [0, 0.1) is 0 Å². The van der Waals surface area contributed by atoms with Crippen LogP contribution in [-0.4, -0.2) is 42.1 Å². The number of amides is 1. The largest absolute Gasteiger partial charge is 0.342 e. The normalized spacial score (nSPS) is 17.2. The first-order valence-corrected chi connectivity index (χ1v) is 9.43. The van der Waals surface area contributed by atoms with Gasteiger partial charge in [-0.1, -0.05) is 12.1 Å². The highest BCUT2D eigenvalue weighted by Crippen LogP contribution is 2.32. The number of carbonyl (C=O) groups is 1. The summed E-state index contributed by atoms with van der Waals surface area (Å²) in [6.07, 6.45) is 3.18. The summed E-state index contributed by atoms with van der Waals surface area (Å²) in [4.78, 5) is 44.6. The van der Waals surface area contributed by atoms with E-state index in [4.69, 9.17) is 4.98 Å². The summed E-state index contributed by atoms with van der Waals surface area (Å²) in [5.41, 5.74) is 0.908. The second kappa shape index (κ2) is 7.41. The molecule has 1 aliphatic heterocycles. The lowest BCUT2D eigenvalue weighted by molar-refractivity contribution is -0.135. The first-order valence-electron chi connectivity index (χ1n) is 9.43. The predicted molar refractivity (Wildman–Crippen MR) is 103 cm³/mol. The molecule has 1 aliphatic rings. The van der Waals surface area contributed by atoms with E-state index in [2.05, 4.69) is 19.7 Å². The number of piperidine rings is 1. The monoisotopic (exact) mass is 382 g/mol. The Morgan fingerprint density at radius 2 is 2.07 bits per heavy atom. The van der Waals surface area contributed by atoms with Gasteiger partial charge in [0.1, 0.15) is 11.5 Å². The van der Waals surface area contributed by atoms with Crippen molar-refractivity contribution >= 4 is 16.9 Å². The molecule has 1 aromatic carbocycles. The molecule has 1 atom stereocenters. The number of nitrogens with zero attached hydrogens (tertiary/aromatic N) is 4. The van der Waals surface area contributed by atoms with E-state index < -0.39 is 11.2 Å². The number of likely N-dealkylation sites (tertiary alicyclic amines) is 1. The number of rotatable bonds is 4. The average molecular weight is 382 g/mol. The highest BCUT2D eigenvalue weighted by molar-refractivity contribution is 5.78. The summed E-state index contributed by atoms with van der Waals surface area (Å²) in [5, 5.41) is 5.95. The number of aromatic amines is 2. The Bertz CT molecular complexity index is 1130. The van der Waals surface area contributed by atoms with Gasteiger partial charge in [-0.2, -0.15) is 5.10 Å². The van der Waals surface area contributed by atoms with Crippen LogP contribution in [0.4, 0.5) is 0 Å². The number of para-hydroxylation sites is 2. The van der Waals surface area contributed by atoms with Crippen LogP contribution in [0.5, 0.6) is 0 Å². The van der Waals surface area contributed by atoms with Crippen molar-refractivity contribution in [1.29, 1.82) is 0 Å². The SMILES string of the molecule is Cn1c(C2CCCCN2C(=O)CCc2n[nH]c(=O)[nH]c2=O)nc2ccccc21. The summed E-state index contributed by atoms with van der Waals surface area (Å²) >= 11 is 0. The van der Waals surface area contributed by atoms with Gasteiger partial charge in [-0.3, -0.25) is 14.6 Å². The molecule has 28 heavy (non-hydrogen) atoms. The van der Waals surface area contributed by atoms with Crippen LogP contribution in [0.15, 0.2) is 33.9 Å². The Morgan fingerprint density at radius 3 is 2.86 bits per heavy atom. The molecule has 2 aromatic heterocycles. The minimum Gasteiger partial charge on any atom is -0.332 e. The maximum atomic E-state index is 12.9. The molecule has 2 N–H and O–H groups in total. The molecule has 0 spiro atoms. The van der Waals surface area contributed by atoms with Crippen LogP contribution in [0.25, 0.3) is 11.0 Å². The third-order valence-corrected chi connectivity index (χ3v) is 5.30. The number of hydrogen-bond acceptors (Lipinski definition) is 5. The average Bonchev–Trinajstić information content (AvgIpc) is 3.04. The minimum absolute atomic E-state index is 0.0378. The number of imidazole rings is 1. The fraction of sp³-hybridized carbons (Fsp3) is 0.421. The van der Waals surface area contributed by atoms with Crippen molar-refractivity contribution in [2.45, 2.75) is 38.1 Å². The van der Waals surface area contributed by atoms with Crippen LogP contribution in [-0.2, 0) is 18.3 Å². The van der Waals surface area contributed by atoms with Crippen molar-refractivity contribution in [3.8, 4) is 0 Å². The molecule has 0 bridgehead atoms. The van der Waals surface area contributed by atoms with Gasteiger partial charge in [0.25, 0.3) is 5.56 Å².